The van der Waals surface area contributed by atoms with Gasteiger partial charge in [-0.05, 0) is 46.5 Å². The molecule has 0 radical (unpaired) electrons. The summed E-state index contributed by atoms with van der Waals surface area (Å²) in [6, 6.07) is 51.0. The fraction of sp³-hybridized carbons (Fsp3) is 0.0256. The van der Waals surface area contributed by atoms with Gasteiger partial charge in [-0.2, -0.15) is 0 Å². The predicted molar refractivity (Wildman–Crippen MR) is 168 cm³/mol. The summed E-state index contributed by atoms with van der Waals surface area (Å²) in [5.74, 6) is 1.72. The third-order valence-electron chi connectivity index (χ3n) is 8.74. The zero-order valence-electron chi connectivity index (χ0n) is 22.7. The van der Waals surface area contributed by atoms with Crippen molar-refractivity contribution in [2.45, 2.75) is 5.41 Å². The van der Waals surface area contributed by atoms with Crippen molar-refractivity contribution >= 4 is 11.0 Å². The van der Waals surface area contributed by atoms with E-state index in [9.17, 15) is 0 Å². The Kier molecular flexibility index (Phi) is 4.82. The van der Waals surface area contributed by atoms with Crippen molar-refractivity contribution in [3.63, 3.8) is 0 Å². The molecule has 42 heavy (non-hydrogen) atoms. The molecule has 0 amide bonds. The van der Waals surface area contributed by atoms with Crippen molar-refractivity contribution in [3.8, 4) is 45.1 Å². The van der Waals surface area contributed by atoms with Gasteiger partial charge in [0.25, 0.3) is 0 Å². The Bertz CT molecular complexity index is 2140. The fourth-order valence-electron chi connectivity index (χ4n) is 7.01. The zero-order valence-corrected chi connectivity index (χ0v) is 22.7. The summed E-state index contributed by atoms with van der Waals surface area (Å²) in [5.41, 5.74) is 12.4. The summed E-state index contributed by atoms with van der Waals surface area (Å²) in [7, 11) is 0. The van der Waals surface area contributed by atoms with Gasteiger partial charge in [0.1, 0.15) is 11.5 Å². The minimum absolute atomic E-state index is 0.479. The Balaban J connectivity index is 1.33. The first-order valence-electron chi connectivity index (χ1n) is 14.3. The van der Waals surface area contributed by atoms with Crippen LogP contribution >= 0.6 is 0 Å². The predicted octanol–water partition coefficient (Wildman–Crippen LogP) is 9.43. The van der Waals surface area contributed by atoms with Crippen LogP contribution in [0, 0.1) is 0 Å². The molecule has 1 aromatic heterocycles. The molecule has 2 aliphatic rings. The first kappa shape index (κ1) is 23.2. The lowest BCUT2D eigenvalue weighted by atomic mass is 9.66. The van der Waals surface area contributed by atoms with E-state index >= 15 is 0 Å². The van der Waals surface area contributed by atoms with Crippen molar-refractivity contribution in [1.82, 2.24) is 9.97 Å². The quantitative estimate of drug-likeness (QED) is 0.221. The first-order valence-corrected chi connectivity index (χ1v) is 14.3. The third kappa shape index (κ3) is 3.11. The van der Waals surface area contributed by atoms with Gasteiger partial charge < -0.3 is 4.74 Å². The van der Waals surface area contributed by atoms with Gasteiger partial charge >= 0.3 is 0 Å². The molecule has 0 saturated carbocycles. The summed E-state index contributed by atoms with van der Waals surface area (Å²) in [5, 5.41) is 0. The number of nitrogens with zero attached hydrogens (tertiary/aromatic N) is 2. The summed E-state index contributed by atoms with van der Waals surface area (Å²) in [6.07, 6.45) is 0. The topological polar surface area (TPSA) is 35.0 Å². The molecule has 6 aromatic carbocycles. The molecule has 1 aliphatic heterocycles. The van der Waals surface area contributed by atoms with E-state index < -0.39 is 5.41 Å². The molecule has 9 rings (SSSR count). The van der Waals surface area contributed by atoms with Crippen molar-refractivity contribution in [2.24, 2.45) is 0 Å². The van der Waals surface area contributed by atoms with Crippen LogP contribution < -0.4 is 4.74 Å². The summed E-state index contributed by atoms with van der Waals surface area (Å²) in [4.78, 5) is 10.3. The van der Waals surface area contributed by atoms with E-state index in [1.54, 1.807) is 0 Å². The fourth-order valence-corrected chi connectivity index (χ4v) is 7.01. The molecule has 1 spiro atoms. The number of hydrogen-bond donors (Lipinski definition) is 0. The minimum atomic E-state index is -0.479. The Hall–Kier alpha value is -5.54. The highest BCUT2D eigenvalue weighted by Crippen LogP contribution is 2.62. The second kappa shape index (κ2) is 8.73. The number of para-hydroxylation sites is 3. The second-order valence-corrected chi connectivity index (χ2v) is 10.9. The molecule has 0 N–H and O–H groups in total. The maximum atomic E-state index is 6.74. The number of aromatic nitrogens is 2. The normalized spacial score (nSPS) is 13.6. The number of hydrogen-bond acceptors (Lipinski definition) is 3. The van der Waals surface area contributed by atoms with Gasteiger partial charge in [0.15, 0.2) is 0 Å². The van der Waals surface area contributed by atoms with E-state index in [-0.39, 0.29) is 0 Å². The smallest absolute Gasteiger partial charge is 0.132 e. The average molecular weight is 537 g/mol. The van der Waals surface area contributed by atoms with Crippen molar-refractivity contribution in [3.05, 3.63) is 168 Å². The van der Waals surface area contributed by atoms with Gasteiger partial charge in [-0.25, -0.2) is 9.97 Å². The number of fused-ring (bicyclic) bond motifs is 10. The number of benzene rings is 6. The van der Waals surface area contributed by atoms with Crippen LogP contribution in [0.25, 0.3) is 44.7 Å². The maximum absolute atomic E-state index is 6.74. The van der Waals surface area contributed by atoms with E-state index in [4.69, 9.17) is 14.7 Å². The molecule has 1 aliphatic carbocycles. The van der Waals surface area contributed by atoms with Crippen LogP contribution in [-0.2, 0) is 5.41 Å². The lowest BCUT2D eigenvalue weighted by Crippen LogP contribution is -2.32. The van der Waals surface area contributed by atoms with Crippen LogP contribution in [-0.4, -0.2) is 9.97 Å². The lowest BCUT2D eigenvalue weighted by molar-refractivity contribution is 0.436. The highest BCUT2D eigenvalue weighted by molar-refractivity contribution is 5.90. The van der Waals surface area contributed by atoms with Crippen LogP contribution in [0.4, 0.5) is 0 Å². The highest BCUT2D eigenvalue weighted by atomic mass is 16.5. The molecule has 0 unspecified atom stereocenters. The molecule has 0 atom stereocenters. The summed E-state index contributed by atoms with van der Waals surface area (Å²) < 4.78 is 6.74. The number of rotatable bonds is 2. The van der Waals surface area contributed by atoms with E-state index in [1.807, 2.05) is 42.5 Å². The van der Waals surface area contributed by atoms with Gasteiger partial charge in [0.2, 0.25) is 0 Å². The molecular formula is C39H24N2O. The average Bonchev–Trinajstić information content (AvgIpc) is 3.35. The highest BCUT2D eigenvalue weighted by Gasteiger charge is 2.50. The first-order chi connectivity index (χ1) is 20.8. The molecule has 3 heteroatoms. The van der Waals surface area contributed by atoms with Crippen LogP contribution in [0.2, 0.25) is 0 Å². The Labute approximate surface area is 243 Å². The van der Waals surface area contributed by atoms with Gasteiger partial charge in [-0.1, -0.05) is 121 Å². The number of ether oxygens (including phenoxy) is 1. The summed E-state index contributed by atoms with van der Waals surface area (Å²) >= 11 is 0. The van der Waals surface area contributed by atoms with Gasteiger partial charge in [-0.3, -0.25) is 0 Å². The van der Waals surface area contributed by atoms with Gasteiger partial charge in [0.05, 0.1) is 27.8 Å². The monoisotopic (exact) mass is 536 g/mol. The Morgan fingerprint density at radius 3 is 1.62 bits per heavy atom. The Morgan fingerprint density at radius 2 is 0.929 bits per heavy atom. The van der Waals surface area contributed by atoms with Crippen molar-refractivity contribution in [2.75, 3.05) is 0 Å². The maximum Gasteiger partial charge on any atom is 0.132 e. The molecule has 3 nitrogen and oxygen atoms in total. The van der Waals surface area contributed by atoms with Crippen molar-refractivity contribution < 1.29 is 4.74 Å². The van der Waals surface area contributed by atoms with Crippen LogP contribution in [0.3, 0.4) is 0 Å². The lowest BCUT2D eigenvalue weighted by Gasteiger charge is -2.39. The van der Waals surface area contributed by atoms with Crippen LogP contribution in [0.1, 0.15) is 22.3 Å². The molecule has 0 fully saturated rings. The zero-order chi connectivity index (χ0) is 27.7. The SMILES string of the molecule is c1ccc(-c2nc3ccccc3nc2-c2ccc3c(c2)Oc2ccccc2C32c3ccccc3-c3ccccc32)cc1. The Morgan fingerprint density at radius 1 is 0.405 bits per heavy atom. The standard InChI is InChI=1S/C39H24N2O/c1-2-12-25(13-3-1)37-38(41-34-20-10-9-19-33(34)40-37)26-22-23-32-36(24-26)42-35-21-11-8-18-31(35)39(32)29-16-6-4-14-27(29)28-15-5-7-17-30(28)39/h1-24H. The molecular weight excluding hydrogens is 512 g/mol. The van der Waals surface area contributed by atoms with Gasteiger partial charge in [-0.15, -0.1) is 0 Å². The van der Waals surface area contributed by atoms with E-state index in [2.05, 4.69) is 103 Å². The molecule has 7 aromatic rings. The molecule has 2 heterocycles. The molecule has 0 bridgehead atoms. The second-order valence-electron chi connectivity index (χ2n) is 10.9. The van der Waals surface area contributed by atoms with Gasteiger partial charge in [0, 0.05) is 22.3 Å². The van der Waals surface area contributed by atoms with E-state index in [1.165, 1.54) is 22.3 Å². The van der Waals surface area contributed by atoms with E-state index in [0.29, 0.717) is 0 Å². The molecule has 0 saturated heterocycles. The largest absolute Gasteiger partial charge is 0.457 e. The van der Waals surface area contributed by atoms with Crippen LogP contribution in [0.15, 0.2) is 146 Å². The minimum Gasteiger partial charge on any atom is -0.457 e. The summed E-state index contributed by atoms with van der Waals surface area (Å²) in [6.45, 7) is 0. The molecule has 196 valence electrons. The van der Waals surface area contributed by atoms with Crippen molar-refractivity contribution in [1.29, 1.82) is 0 Å². The third-order valence-corrected chi connectivity index (χ3v) is 8.74. The van der Waals surface area contributed by atoms with E-state index in [0.717, 1.165) is 56.2 Å². The van der Waals surface area contributed by atoms with Crippen LogP contribution in [0.5, 0.6) is 11.5 Å².